The summed E-state index contributed by atoms with van der Waals surface area (Å²) in [5.74, 6) is 0. The van der Waals surface area contributed by atoms with Gasteiger partial charge in [0.25, 0.3) is 0 Å². The first-order valence-electron chi connectivity index (χ1n) is 6.49. The van der Waals surface area contributed by atoms with Crippen molar-refractivity contribution in [2.24, 2.45) is 0 Å². The first kappa shape index (κ1) is 14.1. The second-order valence-electron chi connectivity index (χ2n) is 5.03. The van der Waals surface area contributed by atoms with Gasteiger partial charge < -0.3 is 11.1 Å². The monoisotopic (exact) mass is 328 g/mol. The molecule has 0 aromatic heterocycles. The van der Waals surface area contributed by atoms with Gasteiger partial charge in [-0.25, -0.2) is 0 Å². The maximum atomic E-state index is 6.02. The first-order chi connectivity index (χ1) is 8.65. The minimum atomic E-state index is 0.401. The van der Waals surface area contributed by atoms with Gasteiger partial charge in [0.1, 0.15) is 0 Å². The van der Waals surface area contributed by atoms with Crippen LogP contribution in [0.2, 0.25) is 0 Å². The molecule has 0 spiro atoms. The zero-order chi connectivity index (χ0) is 13.0. The molecule has 1 aromatic carbocycles. The topological polar surface area (TPSA) is 38.0 Å². The van der Waals surface area contributed by atoms with Gasteiger partial charge in [-0.15, -0.1) is 0 Å². The van der Waals surface area contributed by atoms with E-state index in [1.807, 2.05) is 23.9 Å². The van der Waals surface area contributed by atoms with Crippen molar-refractivity contribution >= 4 is 39.1 Å². The lowest BCUT2D eigenvalue weighted by molar-refractivity contribution is 0.411. The van der Waals surface area contributed by atoms with E-state index in [1.54, 1.807) is 0 Å². The molecule has 1 aliphatic carbocycles. The Labute approximate surface area is 122 Å². The van der Waals surface area contributed by atoms with Gasteiger partial charge in [-0.2, -0.15) is 11.8 Å². The largest absolute Gasteiger partial charge is 0.397 e. The number of nitrogens with one attached hydrogen (secondary N) is 1. The van der Waals surface area contributed by atoms with Crippen molar-refractivity contribution in [3.05, 3.63) is 22.7 Å². The number of hydrogen-bond donors (Lipinski definition) is 2. The van der Waals surface area contributed by atoms with Crippen molar-refractivity contribution < 1.29 is 0 Å². The SMILES string of the molecule is CSC1(CNc2ccc(Br)cc2N)CCCCC1. The lowest BCUT2D eigenvalue weighted by atomic mass is 9.88. The maximum Gasteiger partial charge on any atom is 0.0575 e. The zero-order valence-electron chi connectivity index (χ0n) is 10.8. The molecule has 0 unspecified atom stereocenters. The van der Waals surface area contributed by atoms with Crippen LogP contribution in [-0.4, -0.2) is 17.5 Å². The quantitative estimate of drug-likeness (QED) is 0.798. The van der Waals surface area contributed by atoms with E-state index in [-0.39, 0.29) is 0 Å². The summed E-state index contributed by atoms with van der Waals surface area (Å²) in [6.07, 6.45) is 8.98. The lowest BCUT2D eigenvalue weighted by Crippen LogP contribution is -2.35. The smallest absolute Gasteiger partial charge is 0.0575 e. The molecule has 1 aliphatic rings. The van der Waals surface area contributed by atoms with E-state index < -0.39 is 0 Å². The van der Waals surface area contributed by atoms with E-state index >= 15 is 0 Å². The molecule has 0 heterocycles. The van der Waals surface area contributed by atoms with E-state index in [4.69, 9.17) is 5.73 Å². The van der Waals surface area contributed by atoms with Crippen molar-refractivity contribution in [1.29, 1.82) is 0 Å². The van der Waals surface area contributed by atoms with Crippen molar-refractivity contribution in [1.82, 2.24) is 0 Å². The van der Waals surface area contributed by atoms with Crippen molar-refractivity contribution in [2.75, 3.05) is 23.9 Å². The molecule has 0 amide bonds. The fraction of sp³-hybridized carbons (Fsp3) is 0.571. The number of halogens is 1. The van der Waals surface area contributed by atoms with Gasteiger partial charge >= 0.3 is 0 Å². The number of thioether (sulfide) groups is 1. The summed E-state index contributed by atoms with van der Waals surface area (Å²) in [7, 11) is 0. The number of hydrogen-bond acceptors (Lipinski definition) is 3. The molecule has 0 atom stereocenters. The third-order valence-corrected chi connectivity index (χ3v) is 5.72. The molecule has 1 fully saturated rings. The molecule has 0 saturated heterocycles. The van der Waals surface area contributed by atoms with Crippen molar-refractivity contribution in [3.63, 3.8) is 0 Å². The number of nitrogens with two attached hydrogens (primary N) is 1. The van der Waals surface area contributed by atoms with Gasteiger partial charge in [0.2, 0.25) is 0 Å². The molecule has 2 nitrogen and oxygen atoms in total. The fourth-order valence-corrected chi connectivity index (χ4v) is 3.89. The average Bonchev–Trinajstić information content (AvgIpc) is 2.39. The van der Waals surface area contributed by atoms with E-state index in [9.17, 15) is 0 Å². The molecular weight excluding hydrogens is 308 g/mol. The lowest BCUT2D eigenvalue weighted by Gasteiger charge is -2.36. The minimum absolute atomic E-state index is 0.401. The maximum absolute atomic E-state index is 6.02. The zero-order valence-corrected chi connectivity index (χ0v) is 13.2. The highest BCUT2D eigenvalue weighted by atomic mass is 79.9. The Hall–Kier alpha value is -0.350. The Bertz CT molecular complexity index is 403. The highest BCUT2D eigenvalue weighted by Crippen LogP contribution is 2.39. The Balaban J connectivity index is 2.01. The summed E-state index contributed by atoms with van der Waals surface area (Å²) >= 11 is 5.45. The van der Waals surface area contributed by atoms with Crippen LogP contribution in [0.1, 0.15) is 32.1 Å². The number of benzene rings is 1. The van der Waals surface area contributed by atoms with Gasteiger partial charge in [0, 0.05) is 15.8 Å². The standard InChI is InChI=1S/C14H21BrN2S/c1-18-14(7-3-2-4-8-14)10-17-13-6-5-11(15)9-12(13)16/h5-6,9,17H,2-4,7-8,10,16H2,1H3. The van der Waals surface area contributed by atoms with Gasteiger partial charge in [0.15, 0.2) is 0 Å². The molecular formula is C14H21BrN2S. The summed E-state index contributed by atoms with van der Waals surface area (Å²) in [6.45, 7) is 1.01. The molecule has 2 rings (SSSR count). The molecule has 0 aliphatic heterocycles. The van der Waals surface area contributed by atoms with Gasteiger partial charge in [-0.05, 0) is 37.3 Å². The minimum Gasteiger partial charge on any atom is -0.397 e. The fourth-order valence-electron chi connectivity index (χ4n) is 2.60. The highest BCUT2D eigenvalue weighted by molar-refractivity contribution is 9.10. The van der Waals surface area contributed by atoms with Gasteiger partial charge in [-0.1, -0.05) is 35.2 Å². The van der Waals surface area contributed by atoms with Crippen LogP contribution in [-0.2, 0) is 0 Å². The third-order valence-electron chi connectivity index (χ3n) is 3.81. The normalized spacial score (nSPS) is 18.6. The van der Waals surface area contributed by atoms with Crippen LogP contribution in [0.4, 0.5) is 11.4 Å². The molecule has 1 aromatic rings. The van der Waals surface area contributed by atoms with E-state index in [2.05, 4.69) is 33.6 Å². The molecule has 0 radical (unpaired) electrons. The Morgan fingerprint density at radius 2 is 2.06 bits per heavy atom. The van der Waals surface area contributed by atoms with Crippen LogP contribution in [0.25, 0.3) is 0 Å². The van der Waals surface area contributed by atoms with Crippen LogP contribution < -0.4 is 11.1 Å². The highest BCUT2D eigenvalue weighted by Gasteiger charge is 2.30. The van der Waals surface area contributed by atoms with Crippen LogP contribution in [0, 0.1) is 0 Å². The van der Waals surface area contributed by atoms with Crippen LogP contribution in [0.5, 0.6) is 0 Å². The summed E-state index contributed by atoms with van der Waals surface area (Å²) in [6, 6.07) is 6.04. The van der Waals surface area contributed by atoms with E-state index in [0.717, 1.165) is 22.4 Å². The number of rotatable bonds is 4. The second kappa shape index (κ2) is 6.20. The van der Waals surface area contributed by atoms with Crippen LogP contribution in [0.3, 0.4) is 0 Å². The van der Waals surface area contributed by atoms with E-state index in [1.165, 1.54) is 32.1 Å². The Morgan fingerprint density at radius 1 is 1.33 bits per heavy atom. The first-order valence-corrected chi connectivity index (χ1v) is 8.51. The number of anilines is 2. The van der Waals surface area contributed by atoms with Crippen LogP contribution in [0.15, 0.2) is 22.7 Å². The van der Waals surface area contributed by atoms with Crippen LogP contribution >= 0.6 is 27.7 Å². The summed E-state index contributed by atoms with van der Waals surface area (Å²) < 4.78 is 1.43. The van der Waals surface area contributed by atoms with Gasteiger partial charge in [0.05, 0.1) is 11.4 Å². The number of nitrogen functional groups attached to an aromatic ring is 1. The van der Waals surface area contributed by atoms with Gasteiger partial charge in [-0.3, -0.25) is 0 Å². The summed E-state index contributed by atoms with van der Waals surface area (Å²) in [5, 5.41) is 3.53. The molecule has 0 bridgehead atoms. The Morgan fingerprint density at radius 3 is 2.67 bits per heavy atom. The molecule has 18 heavy (non-hydrogen) atoms. The molecule has 3 N–H and O–H groups in total. The summed E-state index contributed by atoms with van der Waals surface area (Å²) in [5.41, 5.74) is 7.89. The van der Waals surface area contributed by atoms with Crippen molar-refractivity contribution in [2.45, 2.75) is 36.9 Å². The Kier molecular flexibility index (Phi) is 4.84. The van der Waals surface area contributed by atoms with Crippen molar-refractivity contribution in [3.8, 4) is 0 Å². The molecule has 1 saturated carbocycles. The molecule has 4 heteroatoms. The second-order valence-corrected chi connectivity index (χ2v) is 7.22. The predicted octanol–water partition coefficient (Wildman–Crippen LogP) is 4.51. The average molecular weight is 329 g/mol. The summed E-state index contributed by atoms with van der Waals surface area (Å²) in [4.78, 5) is 0. The molecule has 100 valence electrons. The predicted molar refractivity (Wildman–Crippen MR) is 86.4 cm³/mol. The third kappa shape index (κ3) is 3.35. The van der Waals surface area contributed by atoms with E-state index in [0.29, 0.717) is 4.75 Å².